The number of halogens is 2. The van der Waals surface area contributed by atoms with Gasteiger partial charge in [0.1, 0.15) is 6.61 Å². The number of ether oxygens (including phenoxy) is 1. The average molecular weight is 257 g/mol. The molecule has 1 heterocycles. The van der Waals surface area contributed by atoms with Crippen molar-refractivity contribution in [1.82, 2.24) is 5.32 Å². The SMILES string of the molecule is FC(F)(COCC1=CC=CCC1)C1CCNCC1. The van der Waals surface area contributed by atoms with Gasteiger partial charge in [0.25, 0.3) is 5.92 Å². The third-order valence-corrected chi connectivity index (χ3v) is 3.62. The molecule has 2 rings (SSSR count). The molecule has 0 unspecified atom stereocenters. The van der Waals surface area contributed by atoms with Crippen molar-refractivity contribution < 1.29 is 13.5 Å². The van der Waals surface area contributed by atoms with Crippen LogP contribution in [0.15, 0.2) is 23.8 Å². The normalized spacial score (nSPS) is 22.0. The quantitative estimate of drug-likeness (QED) is 0.817. The monoisotopic (exact) mass is 257 g/mol. The average Bonchev–Trinajstić information content (AvgIpc) is 2.41. The van der Waals surface area contributed by atoms with Crippen LogP contribution in [0.1, 0.15) is 25.7 Å². The Morgan fingerprint density at radius 3 is 2.78 bits per heavy atom. The van der Waals surface area contributed by atoms with E-state index in [1.54, 1.807) is 0 Å². The van der Waals surface area contributed by atoms with Gasteiger partial charge in [-0.2, -0.15) is 0 Å². The van der Waals surface area contributed by atoms with E-state index < -0.39 is 18.4 Å². The lowest BCUT2D eigenvalue weighted by Gasteiger charge is -2.30. The Balaban J connectivity index is 1.73. The van der Waals surface area contributed by atoms with Crippen LogP contribution < -0.4 is 5.32 Å². The highest BCUT2D eigenvalue weighted by molar-refractivity contribution is 5.17. The molecule has 18 heavy (non-hydrogen) atoms. The Labute approximate surface area is 107 Å². The summed E-state index contributed by atoms with van der Waals surface area (Å²) in [6.07, 6.45) is 9.01. The Morgan fingerprint density at radius 2 is 2.11 bits per heavy atom. The van der Waals surface area contributed by atoms with Crippen LogP contribution in [0, 0.1) is 5.92 Å². The van der Waals surface area contributed by atoms with Crippen molar-refractivity contribution >= 4 is 0 Å². The molecule has 4 heteroatoms. The molecule has 0 bridgehead atoms. The molecule has 2 aliphatic rings. The molecule has 0 spiro atoms. The summed E-state index contributed by atoms with van der Waals surface area (Å²) in [4.78, 5) is 0. The maximum Gasteiger partial charge on any atom is 0.273 e. The van der Waals surface area contributed by atoms with Gasteiger partial charge in [0.2, 0.25) is 0 Å². The third-order valence-electron chi connectivity index (χ3n) is 3.62. The summed E-state index contributed by atoms with van der Waals surface area (Å²) in [6.45, 7) is 1.27. The maximum absolute atomic E-state index is 13.9. The second-order valence-corrected chi connectivity index (χ2v) is 5.07. The summed E-state index contributed by atoms with van der Waals surface area (Å²) in [5, 5.41) is 3.10. The smallest absolute Gasteiger partial charge is 0.273 e. The Hall–Kier alpha value is -0.740. The molecule has 0 saturated carbocycles. The zero-order valence-corrected chi connectivity index (χ0v) is 10.6. The first-order valence-electron chi connectivity index (χ1n) is 6.69. The van der Waals surface area contributed by atoms with Crippen molar-refractivity contribution in [2.75, 3.05) is 26.3 Å². The van der Waals surface area contributed by atoms with E-state index in [-0.39, 0.29) is 0 Å². The van der Waals surface area contributed by atoms with Crippen LogP contribution in [0.25, 0.3) is 0 Å². The van der Waals surface area contributed by atoms with Crippen molar-refractivity contribution in [1.29, 1.82) is 0 Å². The fourth-order valence-corrected chi connectivity index (χ4v) is 2.45. The summed E-state index contributed by atoms with van der Waals surface area (Å²) in [6, 6.07) is 0. The summed E-state index contributed by atoms with van der Waals surface area (Å²) >= 11 is 0. The van der Waals surface area contributed by atoms with E-state index in [1.165, 1.54) is 0 Å². The minimum absolute atomic E-state index is 0.338. The van der Waals surface area contributed by atoms with Crippen LogP contribution in [-0.2, 0) is 4.74 Å². The van der Waals surface area contributed by atoms with Gasteiger partial charge in [0, 0.05) is 5.92 Å². The van der Waals surface area contributed by atoms with Crippen molar-refractivity contribution in [3.8, 4) is 0 Å². The molecule has 1 aliphatic carbocycles. The topological polar surface area (TPSA) is 21.3 Å². The minimum atomic E-state index is -2.69. The first kappa shape index (κ1) is 13.7. The number of nitrogens with one attached hydrogen (secondary N) is 1. The molecule has 1 N–H and O–H groups in total. The van der Waals surface area contributed by atoms with Crippen LogP contribution in [0.3, 0.4) is 0 Å². The molecule has 0 radical (unpaired) electrons. The summed E-state index contributed by atoms with van der Waals surface area (Å²) in [5.41, 5.74) is 1.11. The predicted octanol–water partition coefficient (Wildman–Crippen LogP) is 2.91. The zero-order valence-electron chi connectivity index (χ0n) is 10.6. The van der Waals surface area contributed by atoms with Gasteiger partial charge in [-0.05, 0) is 44.3 Å². The van der Waals surface area contributed by atoms with Gasteiger partial charge < -0.3 is 10.1 Å². The summed E-state index contributed by atoms with van der Waals surface area (Å²) in [7, 11) is 0. The summed E-state index contributed by atoms with van der Waals surface area (Å²) < 4.78 is 33.0. The fourth-order valence-electron chi connectivity index (χ4n) is 2.45. The van der Waals surface area contributed by atoms with Crippen molar-refractivity contribution in [2.45, 2.75) is 31.6 Å². The lowest BCUT2D eigenvalue weighted by Crippen LogP contribution is -2.41. The molecule has 0 aromatic heterocycles. The predicted molar refractivity (Wildman–Crippen MR) is 67.8 cm³/mol. The molecule has 0 atom stereocenters. The molecule has 1 saturated heterocycles. The summed E-state index contributed by atoms with van der Waals surface area (Å²) in [5.74, 6) is -3.22. The lowest BCUT2D eigenvalue weighted by molar-refractivity contribution is -0.121. The van der Waals surface area contributed by atoms with Crippen LogP contribution in [0.5, 0.6) is 0 Å². The van der Waals surface area contributed by atoms with Gasteiger partial charge >= 0.3 is 0 Å². The van der Waals surface area contributed by atoms with E-state index >= 15 is 0 Å². The molecule has 1 aliphatic heterocycles. The number of piperidine rings is 1. The van der Waals surface area contributed by atoms with Crippen molar-refractivity contribution in [3.63, 3.8) is 0 Å². The zero-order chi connectivity index (χ0) is 12.8. The fraction of sp³-hybridized carbons (Fsp3) is 0.714. The standard InChI is InChI=1S/C14H21F2NO/c15-14(16,13-6-8-17-9-7-13)11-18-10-12-4-2-1-3-5-12/h1-2,4,13,17H,3,5-11H2. The van der Waals surface area contributed by atoms with Crippen molar-refractivity contribution in [3.05, 3.63) is 23.8 Å². The van der Waals surface area contributed by atoms with Gasteiger partial charge in [-0.1, -0.05) is 18.2 Å². The second kappa shape index (κ2) is 6.43. The second-order valence-electron chi connectivity index (χ2n) is 5.07. The molecular weight excluding hydrogens is 236 g/mol. The van der Waals surface area contributed by atoms with Gasteiger partial charge in [-0.3, -0.25) is 0 Å². The first-order chi connectivity index (χ1) is 8.68. The van der Waals surface area contributed by atoms with Gasteiger partial charge in [0.05, 0.1) is 6.61 Å². The molecule has 0 aromatic rings. The number of alkyl halides is 2. The molecule has 0 amide bonds. The van der Waals surface area contributed by atoms with E-state index in [4.69, 9.17) is 4.74 Å². The number of hydrogen-bond acceptors (Lipinski definition) is 2. The lowest BCUT2D eigenvalue weighted by atomic mass is 9.92. The van der Waals surface area contributed by atoms with Gasteiger partial charge in [-0.25, -0.2) is 8.78 Å². The van der Waals surface area contributed by atoms with Crippen molar-refractivity contribution in [2.24, 2.45) is 5.92 Å². The first-order valence-corrected chi connectivity index (χ1v) is 6.69. The highest BCUT2D eigenvalue weighted by atomic mass is 19.3. The molecule has 2 nitrogen and oxygen atoms in total. The molecule has 0 aromatic carbocycles. The number of rotatable bonds is 5. The van der Waals surface area contributed by atoms with E-state index in [9.17, 15) is 8.78 Å². The Bertz CT molecular complexity index is 320. The highest BCUT2D eigenvalue weighted by Crippen LogP contribution is 2.31. The molecular formula is C14H21F2NO. The minimum Gasteiger partial charge on any atom is -0.371 e. The van der Waals surface area contributed by atoms with E-state index in [0.29, 0.717) is 32.5 Å². The molecule has 1 fully saturated rings. The van der Waals surface area contributed by atoms with E-state index in [2.05, 4.69) is 11.4 Å². The van der Waals surface area contributed by atoms with Gasteiger partial charge in [-0.15, -0.1) is 0 Å². The Kier molecular flexibility index (Phi) is 4.89. The van der Waals surface area contributed by atoms with Crippen LogP contribution in [-0.4, -0.2) is 32.2 Å². The van der Waals surface area contributed by atoms with E-state index in [0.717, 1.165) is 18.4 Å². The number of allylic oxidation sites excluding steroid dienone is 3. The van der Waals surface area contributed by atoms with Gasteiger partial charge in [0.15, 0.2) is 0 Å². The van der Waals surface area contributed by atoms with Crippen LogP contribution in [0.2, 0.25) is 0 Å². The van der Waals surface area contributed by atoms with E-state index in [1.807, 2.05) is 12.2 Å². The third kappa shape index (κ3) is 3.89. The van der Waals surface area contributed by atoms with Crippen LogP contribution in [0.4, 0.5) is 8.78 Å². The Morgan fingerprint density at radius 1 is 1.33 bits per heavy atom. The van der Waals surface area contributed by atoms with Crippen LogP contribution >= 0.6 is 0 Å². The maximum atomic E-state index is 13.9. The number of hydrogen-bond donors (Lipinski definition) is 1. The largest absolute Gasteiger partial charge is 0.371 e. The molecule has 102 valence electrons. The highest BCUT2D eigenvalue weighted by Gasteiger charge is 2.40.